The molecule has 1 rings (SSSR count). The molecule has 86 valence electrons. The van der Waals surface area contributed by atoms with Gasteiger partial charge < -0.3 is 10.6 Å². The molecule has 0 heterocycles. The molecule has 2 N–H and O–H groups in total. The lowest BCUT2D eigenvalue weighted by atomic mass is 10.2. The first-order valence-corrected chi connectivity index (χ1v) is 5.29. The lowest BCUT2D eigenvalue weighted by Crippen LogP contribution is -2.33. The van der Waals surface area contributed by atoms with Gasteiger partial charge in [-0.25, -0.2) is 9.18 Å². The van der Waals surface area contributed by atoms with Crippen LogP contribution in [0.2, 0.25) is 0 Å². The quantitative estimate of drug-likeness (QED) is 0.782. The number of carbonyl (C=O) groups excluding carboxylic acids is 1. The Morgan fingerprint density at radius 3 is 2.88 bits per heavy atom. The summed E-state index contributed by atoms with van der Waals surface area (Å²) < 4.78 is 13.1. The number of halogens is 2. The van der Waals surface area contributed by atoms with E-state index >= 15 is 0 Å². The molecule has 1 aromatic rings. The summed E-state index contributed by atoms with van der Waals surface area (Å²) in [5, 5.41) is 4.94. The first-order chi connectivity index (χ1) is 7.74. The molecule has 0 saturated heterocycles. The Morgan fingerprint density at radius 1 is 1.44 bits per heavy atom. The predicted molar refractivity (Wildman–Crippen MR) is 62.7 cm³/mol. The van der Waals surface area contributed by atoms with Crippen LogP contribution in [0.25, 0.3) is 6.08 Å². The average molecular weight is 243 g/mol. The number of carbonyl (C=O) groups is 1. The Kier molecular flexibility index (Phi) is 5.36. The Bertz CT molecular complexity index is 382. The van der Waals surface area contributed by atoms with Gasteiger partial charge in [0.1, 0.15) is 5.82 Å². The predicted octanol–water partition coefficient (Wildman–Crippen LogP) is 2.33. The van der Waals surface area contributed by atoms with Crippen molar-refractivity contribution in [3.63, 3.8) is 0 Å². The van der Waals surface area contributed by atoms with Gasteiger partial charge in [0.2, 0.25) is 0 Å². The summed E-state index contributed by atoms with van der Waals surface area (Å²) in [6, 6.07) is 5.93. The molecular formula is C11H12ClFN2O. The molecule has 0 bridgehead atoms. The number of alkyl halides is 1. The van der Waals surface area contributed by atoms with E-state index in [9.17, 15) is 9.18 Å². The maximum Gasteiger partial charge on any atom is 0.318 e. The van der Waals surface area contributed by atoms with Gasteiger partial charge in [-0.2, -0.15) is 0 Å². The van der Waals surface area contributed by atoms with E-state index in [1.807, 2.05) is 0 Å². The minimum absolute atomic E-state index is 0.332. The standard InChI is InChI=1S/C11H12ClFN2O/c12-6-8-15-11(16)14-7-5-9-3-1-2-4-10(9)13/h1-5,7H,6,8H2,(H2,14,15,16)/b7-5+. The SMILES string of the molecule is O=C(N/C=C/c1ccccc1F)NCCCl. The summed E-state index contributed by atoms with van der Waals surface area (Å²) in [7, 11) is 0. The minimum atomic E-state index is -0.367. The van der Waals surface area contributed by atoms with E-state index < -0.39 is 0 Å². The van der Waals surface area contributed by atoms with Crippen LogP contribution in [0.15, 0.2) is 30.5 Å². The third kappa shape index (κ3) is 4.31. The first kappa shape index (κ1) is 12.5. The van der Waals surface area contributed by atoms with Gasteiger partial charge in [-0.05, 0) is 12.1 Å². The second-order valence-corrected chi connectivity index (χ2v) is 3.32. The first-order valence-electron chi connectivity index (χ1n) is 4.75. The van der Waals surface area contributed by atoms with Crippen molar-refractivity contribution in [2.45, 2.75) is 0 Å². The summed E-state index contributed by atoms with van der Waals surface area (Å²) in [5.74, 6) is 0.0199. The summed E-state index contributed by atoms with van der Waals surface area (Å²) in [6.45, 7) is 0.390. The summed E-state index contributed by atoms with van der Waals surface area (Å²) in [4.78, 5) is 11.1. The van der Waals surface area contributed by atoms with Crippen molar-refractivity contribution in [1.82, 2.24) is 10.6 Å². The number of rotatable bonds is 4. The highest BCUT2D eigenvalue weighted by Crippen LogP contribution is 2.07. The topological polar surface area (TPSA) is 41.1 Å². The summed E-state index contributed by atoms with van der Waals surface area (Å²) in [5.41, 5.74) is 0.417. The molecule has 5 heteroatoms. The maximum atomic E-state index is 13.1. The zero-order valence-electron chi connectivity index (χ0n) is 8.54. The van der Waals surface area contributed by atoms with E-state index in [4.69, 9.17) is 11.6 Å². The van der Waals surface area contributed by atoms with Gasteiger partial charge in [0.05, 0.1) is 0 Å². The highest BCUT2D eigenvalue weighted by Gasteiger charge is 1.96. The summed E-state index contributed by atoms with van der Waals surface area (Å²) >= 11 is 5.39. The van der Waals surface area contributed by atoms with Crippen LogP contribution in [-0.4, -0.2) is 18.5 Å². The van der Waals surface area contributed by atoms with Crippen molar-refractivity contribution in [1.29, 1.82) is 0 Å². The zero-order valence-corrected chi connectivity index (χ0v) is 9.30. The third-order valence-corrected chi connectivity index (χ3v) is 1.95. The second-order valence-electron chi connectivity index (χ2n) is 2.94. The monoisotopic (exact) mass is 242 g/mol. The lowest BCUT2D eigenvalue weighted by Gasteiger charge is -2.01. The molecule has 0 unspecified atom stereocenters. The van der Waals surface area contributed by atoms with Crippen LogP contribution in [0.3, 0.4) is 0 Å². The van der Waals surface area contributed by atoms with Gasteiger partial charge in [-0.15, -0.1) is 11.6 Å². The number of nitrogens with one attached hydrogen (secondary N) is 2. The Hall–Kier alpha value is -1.55. The molecule has 0 fully saturated rings. The average Bonchev–Trinajstić information content (AvgIpc) is 2.29. The van der Waals surface area contributed by atoms with Gasteiger partial charge in [-0.3, -0.25) is 0 Å². The lowest BCUT2D eigenvalue weighted by molar-refractivity contribution is 0.245. The fraction of sp³-hybridized carbons (Fsp3) is 0.182. The van der Waals surface area contributed by atoms with E-state index in [-0.39, 0.29) is 11.8 Å². The molecule has 0 aliphatic heterocycles. The second kappa shape index (κ2) is 6.85. The third-order valence-electron chi connectivity index (χ3n) is 1.76. The van der Waals surface area contributed by atoms with Crippen LogP contribution in [0.1, 0.15) is 5.56 Å². The Morgan fingerprint density at radius 2 is 2.19 bits per heavy atom. The van der Waals surface area contributed by atoms with Crippen LogP contribution in [0.5, 0.6) is 0 Å². The van der Waals surface area contributed by atoms with E-state index in [1.54, 1.807) is 18.2 Å². The fourth-order valence-corrected chi connectivity index (χ4v) is 1.12. The van der Waals surface area contributed by atoms with Crippen molar-refractivity contribution >= 4 is 23.7 Å². The van der Waals surface area contributed by atoms with Crippen molar-refractivity contribution in [3.05, 3.63) is 41.8 Å². The number of urea groups is 1. The Labute approximate surface area is 98.3 Å². The number of hydrogen-bond donors (Lipinski definition) is 2. The van der Waals surface area contributed by atoms with Gasteiger partial charge in [0.25, 0.3) is 0 Å². The highest BCUT2D eigenvalue weighted by atomic mass is 35.5. The molecule has 0 radical (unpaired) electrons. The maximum absolute atomic E-state index is 13.1. The number of hydrogen-bond acceptors (Lipinski definition) is 1. The van der Waals surface area contributed by atoms with Gasteiger partial charge in [-0.1, -0.05) is 18.2 Å². The molecular weight excluding hydrogens is 231 g/mol. The van der Waals surface area contributed by atoms with E-state index in [0.29, 0.717) is 18.0 Å². The van der Waals surface area contributed by atoms with Gasteiger partial charge in [0, 0.05) is 24.2 Å². The molecule has 0 saturated carbocycles. The van der Waals surface area contributed by atoms with Gasteiger partial charge >= 0.3 is 6.03 Å². The van der Waals surface area contributed by atoms with E-state index in [1.165, 1.54) is 18.3 Å². The van der Waals surface area contributed by atoms with Gasteiger partial charge in [0.15, 0.2) is 0 Å². The largest absolute Gasteiger partial charge is 0.337 e. The van der Waals surface area contributed by atoms with Crippen molar-refractivity contribution in [2.24, 2.45) is 0 Å². The molecule has 1 aromatic carbocycles. The van der Waals surface area contributed by atoms with E-state index in [0.717, 1.165) is 0 Å². The molecule has 0 aliphatic carbocycles. The van der Waals surface area contributed by atoms with Crippen molar-refractivity contribution in [2.75, 3.05) is 12.4 Å². The zero-order chi connectivity index (χ0) is 11.8. The van der Waals surface area contributed by atoms with Crippen molar-refractivity contribution < 1.29 is 9.18 Å². The molecule has 16 heavy (non-hydrogen) atoms. The van der Waals surface area contributed by atoms with Crippen LogP contribution < -0.4 is 10.6 Å². The molecule has 0 aliphatic rings. The van der Waals surface area contributed by atoms with Crippen LogP contribution in [0, 0.1) is 5.82 Å². The number of amides is 2. The fourth-order valence-electron chi connectivity index (χ4n) is 1.03. The highest BCUT2D eigenvalue weighted by molar-refractivity contribution is 6.18. The van der Waals surface area contributed by atoms with Crippen LogP contribution in [0.4, 0.5) is 9.18 Å². The number of benzene rings is 1. The Balaban J connectivity index is 2.43. The molecule has 0 spiro atoms. The minimum Gasteiger partial charge on any atom is -0.337 e. The summed E-state index contributed by atoms with van der Waals surface area (Å²) in [6.07, 6.45) is 2.86. The van der Waals surface area contributed by atoms with Crippen LogP contribution >= 0.6 is 11.6 Å². The molecule has 0 aromatic heterocycles. The normalized spacial score (nSPS) is 10.4. The molecule has 0 atom stereocenters. The molecule has 3 nitrogen and oxygen atoms in total. The smallest absolute Gasteiger partial charge is 0.318 e. The molecule has 2 amide bonds. The van der Waals surface area contributed by atoms with E-state index in [2.05, 4.69) is 10.6 Å². The van der Waals surface area contributed by atoms with Crippen LogP contribution in [-0.2, 0) is 0 Å². The van der Waals surface area contributed by atoms with Crippen molar-refractivity contribution in [3.8, 4) is 0 Å².